The zero-order chi connectivity index (χ0) is 14.8. The predicted octanol–water partition coefficient (Wildman–Crippen LogP) is 4.19. The van der Waals surface area contributed by atoms with Crippen LogP contribution >= 0.6 is 11.6 Å². The van der Waals surface area contributed by atoms with Crippen molar-refractivity contribution in [2.45, 2.75) is 19.3 Å². The highest BCUT2D eigenvalue weighted by atomic mass is 35.5. The smallest absolute Gasteiger partial charge is 0.225 e. The maximum absolute atomic E-state index is 12.2. The second-order valence-electron chi connectivity index (χ2n) is 5.38. The minimum Gasteiger partial charge on any atom is -0.384 e. The summed E-state index contributed by atoms with van der Waals surface area (Å²) in [5, 5.41) is 6.99. The molecule has 2 N–H and O–H groups in total. The molecule has 0 spiro atoms. The van der Waals surface area contributed by atoms with Gasteiger partial charge in [0, 0.05) is 35.3 Å². The summed E-state index contributed by atoms with van der Waals surface area (Å²) in [5.74, 6) is 0.262. The van der Waals surface area contributed by atoms with E-state index in [4.69, 9.17) is 11.6 Å². The molecule has 0 aliphatic carbocycles. The number of amides is 1. The van der Waals surface area contributed by atoms with E-state index >= 15 is 0 Å². The third-order valence-corrected chi connectivity index (χ3v) is 4.07. The lowest BCUT2D eigenvalue weighted by atomic mass is 9.97. The molecule has 0 aromatic heterocycles. The van der Waals surface area contributed by atoms with E-state index in [-0.39, 0.29) is 11.8 Å². The Kier molecular flexibility index (Phi) is 3.84. The molecule has 1 heterocycles. The molecule has 2 aromatic rings. The maximum Gasteiger partial charge on any atom is 0.225 e. The summed E-state index contributed by atoms with van der Waals surface area (Å²) in [6.45, 7) is 2.75. The topological polar surface area (TPSA) is 41.1 Å². The Morgan fingerprint density at radius 1 is 1.33 bits per heavy atom. The monoisotopic (exact) mass is 300 g/mol. The number of hydrogen-bond acceptors (Lipinski definition) is 2. The minimum absolute atomic E-state index is 0.0314. The lowest BCUT2D eigenvalue weighted by Crippen LogP contribution is -2.17. The van der Waals surface area contributed by atoms with Crippen LogP contribution < -0.4 is 10.6 Å². The molecule has 0 fully saturated rings. The zero-order valence-electron chi connectivity index (χ0n) is 11.8. The zero-order valence-corrected chi connectivity index (χ0v) is 12.6. The molecule has 3 rings (SSSR count). The molecule has 0 saturated carbocycles. The summed E-state index contributed by atoms with van der Waals surface area (Å²) in [6.07, 6.45) is 0.478. The largest absolute Gasteiger partial charge is 0.384 e. The maximum atomic E-state index is 12.2. The van der Waals surface area contributed by atoms with Crippen LogP contribution in [-0.2, 0) is 4.79 Å². The Bertz CT molecular complexity index is 684. The Hall–Kier alpha value is -2.00. The minimum atomic E-state index is 0.0314. The number of carbonyl (C=O) groups is 1. The van der Waals surface area contributed by atoms with Crippen molar-refractivity contribution in [2.24, 2.45) is 0 Å². The van der Waals surface area contributed by atoms with Crippen molar-refractivity contribution in [1.29, 1.82) is 0 Å². The van der Waals surface area contributed by atoms with Crippen molar-refractivity contribution in [1.82, 2.24) is 0 Å². The van der Waals surface area contributed by atoms with Gasteiger partial charge in [-0.2, -0.15) is 0 Å². The van der Waals surface area contributed by atoms with Gasteiger partial charge in [0.05, 0.1) is 0 Å². The standard InChI is InChI=1S/C17H17ClN2O/c1-11-8-13(18)6-7-15(11)20-17(21)9-12-10-19-16-5-3-2-4-14(12)16/h2-8,12,19H,9-10H2,1H3,(H,20,21). The summed E-state index contributed by atoms with van der Waals surface area (Å²) in [7, 11) is 0. The fourth-order valence-corrected chi connectivity index (χ4v) is 2.96. The number of hydrogen-bond donors (Lipinski definition) is 2. The van der Waals surface area contributed by atoms with Crippen LogP contribution in [0, 0.1) is 6.92 Å². The Labute approximate surface area is 129 Å². The van der Waals surface area contributed by atoms with Crippen LogP contribution in [0.4, 0.5) is 11.4 Å². The third-order valence-electron chi connectivity index (χ3n) is 3.83. The van der Waals surface area contributed by atoms with Crippen molar-refractivity contribution >= 4 is 28.9 Å². The second-order valence-corrected chi connectivity index (χ2v) is 5.81. The van der Waals surface area contributed by atoms with Gasteiger partial charge >= 0.3 is 0 Å². The predicted molar refractivity (Wildman–Crippen MR) is 87.1 cm³/mol. The van der Waals surface area contributed by atoms with Crippen molar-refractivity contribution in [3.8, 4) is 0 Å². The van der Waals surface area contributed by atoms with E-state index in [2.05, 4.69) is 22.8 Å². The van der Waals surface area contributed by atoms with E-state index in [1.165, 1.54) is 5.56 Å². The van der Waals surface area contributed by atoms with Gasteiger partial charge < -0.3 is 10.6 Å². The Morgan fingerprint density at radius 3 is 2.95 bits per heavy atom. The molecular formula is C17H17ClN2O. The normalized spacial score (nSPS) is 16.2. The summed E-state index contributed by atoms with van der Waals surface area (Å²) in [5.41, 5.74) is 4.16. The third kappa shape index (κ3) is 3.03. The number of nitrogens with one attached hydrogen (secondary N) is 2. The number of fused-ring (bicyclic) bond motifs is 1. The molecular weight excluding hydrogens is 284 g/mol. The van der Waals surface area contributed by atoms with Gasteiger partial charge in [-0.15, -0.1) is 0 Å². The molecule has 1 atom stereocenters. The Morgan fingerprint density at radius 2 is 2.14 bits per heavy atom. The number of anilines is 2. The number of rotatable bonds is 3. The molecule has 4 heteroatoms. The van der Waals surface area contributed by atoms with Gasteiger partial charge in [0.1, 0.15) is 0 Å². The van der Waals surface area contributed by atoms with Gasteiger partial charge in [-0.1, -0.05) is 29.8 Å². The van der Waals surface area contributed by atoms with Crippen molar-refractivity contribution < 1.29 is 4.79 Å². The molecule has 108 valence electrons. The van der Waals surface area contributed by atoms with Gasteiger partial charge in [-0.05, 0) is 42.3 Å². The SMILES string of the molecule is Cc1cc(Cl)ccc1NC(=O)CC1CNc2ccccc21. The number of aryl methyl sites for hydroxylation is 1. The van der Waals surface area contributed by atoms with Crippen LogP contribution in [-0.4, -0.2) is 12.5 Å². The van der Waals surface area contributed by atoms with Crippen molar-refractivity contribution in [2.75, 3.05) is 17.2 Å². The van der Waals surface area contributed by atoms with E-state index < -0.39 is 0 Å². The van der Waals surface area contributed by atoms with Crippen LogP contribution in [0.5, 0.6) is 0 Å². The number of carbonyl (C=O) groups excluding carboxylic acids is 1. The first-order chi connectivity index (χ1) is 10.1. The molecule has 1 aliphatic rings. The number of halogens is 1. The van der Waals surface area contributed by atoms with Gasteiger partial charge in [0.2, 0.25) is 5.91 Å². The fraction of sp³-hybridized carbons (Fsp3) is 0.235. The highest BCUT2D eigenvalue weighted by Gasteiger charge is 2.24. The van der Waals surface area contributed by atoms with Crippen LogP contribution in [0.1, 0.15) is 23.5 Å². The summed E-state index contributed by atoms with van der Waals surface area (Å²) >= 11 is 5.93. The van der Waals surface area contributed by atoms with Gasteiger partial charge in [-0.25, -0.2) is 0 Å². The molecule has 1 unspecified atom stereocenters. The van der Waals surface area contributed by atoms with Crippen LogP contribution in [0.2, 0.25) is 5.02 Å². The highest BCUT2D eigenvalue weighted by molar-refractivity contribution is 6.30. The van der Waals surface area contributed by atoms with E-state index in [1.54, 1.807) is 6.07 Å². The van der Waals surface area contributed by atoms with E-state index in [9.17, 15) is 4.79 Å². The summed E-state index contributed by atoms with van der Waals surface area (Å²) in [4.78, 5) is 12.2. The fourth-order valence-electron chi connectivity index (χ4n) is 2.73. The Balaban J connectivity index is 1.68. The van der Waals surface area contributed by atoms with Gasteiger partial charge in [-0.3, -0.25) is 4.79 Å². The quantitative estimate of drug-likeness (QED) is 0.892. The van der Waals surface area contributed by atoms with E-state index in [0.717, 1.165) is 23.5 Å². The highest BCUT2D eigenvalue weighted by Crippen LogP contribution is 2.33. The lowest BCUT2D eigenvalue weighted by Gasteiger charge is -2.12. The first kappa shape index (κ1) is 14.0. The molecule has 21 heavy (non-hydrogen) atoms. The summed E-state index contributed by atoms with van der Waals surface area (Å²) in [6, 6.07) is 13.6. The van der Waals surface area contributed by atoms with E-state index in [0.29, 0.717) is 11.4 Å². The molecule has 0 radical (unpaired) electrons. The molecule has 3 nitrogen and oxygen atoms in total. The van der Waals surface area contributed by atoms with Gasteiger partial charge in [0.25, 0.3) is 0 Å². The second kappa shape index (κ2) is 5.78. The van der Waals surface area contributed by atoms with Crippen LogP contribution in [0.15, 0.2) is 42.5 Å². The molecule has 0 bridgehead atoms. The van der Waals surface area contributed by atoms with E-state index in [1.807, 2.05) is 31.2 Å². The van der Waals surface area contributed by atoms with Crippen molar-refractivity contribution in [3.05, 3.63) is 58.6 Å². The molecule has 1 aliphatic heterocycles. The molecule has 1 amide bonds. The first-order valence-corrected chi connectivity index (χ1v) is 7.40. The first-order valence-electron chi connectivity index (χ1n) is 7.02. The number of benzene rings is 2. The lowest BCUT2D eigenvalue weighted by molar-refractivity contribution is -0.116. The van der Waals surface area contributed by atoms with Crippen LogP contribution in [0.25, 0.3) is 0 Å². The van der Waals surface area contributed by atoms with Crippen LogP contribution in [0.3, 0.4) is 0 Å². The summed E-state index contributed by atoms with van der Waals surface area (Å²) < 4.78 is 0. The average molecular weight is 301 g/mol. The average Bonchev–Trinajstić information content (AvgIpc) is 2.85. The molecule has 0 saturated heterocycles. The van der Waals surface area contributed by atoms with Gasteiger partial charge in [0.15, 0.2) is 0 Å². The number of para-hydroxylation sites is 1. The molecule has 2 aromatic carbocycles. The van der Waals surface area contributed by atoms with Crippen molar-refractivity contribution in [3.63, 3.8) is 0 Å².